The maximum atomic E-state index is 11.9. The molecule has 1 aliphatic carbocycles. The van der Waals surface area contributed by atoms with Crippen molar-refractivity contribution in [1.82, 2.24) is 5.32 Å². The van der Waals surface area contributed by atoms with E-state index in [9.17, 15) is 9.59 Å². The highest BCUT2D eigenvalue weighted by Gasteiger charge is 2.20. The molecule has 0 bridgehead atoms. The summed E-state index contributed by atoms with van der Waals surface area (Å²) in [6.07, 6.45) is 4.18. The topological polar surface area (TPSA) is 81.4 Å². The Kier molecular flexibility index (Phi) is 5.66. The van der Waals surface area contributed by atoms with Gasteiger partial charge in [-0.3, -0.25) is 4.79 Å². The molecule has 1 aromatic rings. The van der Waals surface area contributed by atoms with Crippen LogP contribution >= 0.6 is 11.6 Å². The molecule has 1 fully saturated rings. The van der Waals surface area contributed by atoms with Gasteiger partial charge in [0, 0.05) is 16.8 Å². The van der Waals surface area contributed by atoms with Crippen LogP contribution in [0, 0.1) is 5.92 Å². The van der Waals surface area contributed by atoms with E-state index in [1.165, 1.54) is 12.1 Å². The lowest BCUT2D eigenvalue weighted by atomic mass is 9.87. The lowest BCUT2D eigenvalue weighted by Gasteiger charge is -2.26. The van der Waals surface area contributed by atoms with E-state index in [2.05, 4.69) is 12.2 Å². The number of carbonyl (C=O) groups excluding carboxylic acids is 2. The Labute approximate surface area is 135 Å². The first-order valence-electron chi connectivity index (χ1n) is 7.47. The molecule has 6 heteroatoms. The molecule has 1 aliphatic rings. The van der Waals surface area contributed by atoms with Crippen LogP contribution in [0.5, 0.6) is 0 Å². The van der Waals surface area contributed by atoms with E-state index in [1.807, 2.05) is 0 Å². The summed E-state index contributed by atoms with van der Waals surface area (Å²) >= 11 is 5.82. The summed E-state index contributed by atoms with van der Waals surface area (Å²) in [6.45, 7) is 1.91. The normalized spacial score (nSPS) is 21.2. The Balaban J connectivity index is 1.80. The van der Waals surface area contributed by atoms with Crippen molar-refractivity contribution >= 4 is 29.2 Å². The van der Waals surface area contributed by atoms with Crippen LogP contribution in [0.1, 0.15) is 43.0 Å². The molecule has 3 N–H and O–H groups in total. The molecule has 120 valence electrons. The highest BCUT2D eigenvalue weighted by Crippen LogP contribution is 2.23. The van der Waals surface area contributed by atoms with E-state index in [4.69, 9.17) is 22.1 Å². The second-order valence-electron chi connectivity index (χ2n) is 5.83. The van der Waals surface area contributed by atoms with Crippen molar-refractivity contribution in [3.63, 3.8) is 0 Å². The Hall–Kier alpha value is -1.75. The average Bonchev–Trinajstić information content (AvgIpc) is 2.49. The van der Waals surface area contributed by atoms with E-state index in [-0.39, 0.29) is 29.8 Å². The van der Waals surface area contributed by atoms with Crippen LogP contribution < -0.4 is 11.1 Å². The van der Waals surface area contributed by atoms with Crippen molar-refractivity contribution in [2.45, 2.75) is 38.6 Å². The standard InChI is InChI=1S/C16H21ClN2O3/c1-10-2-5-12(6-3-10)19-15(20)9-22-16(21)13-8-11(17)4-7-14(13)18/h4,7-8,10,12H,2-3,5-6,9,18H2,1H3,(H,19,20). The van der Waals surface area contributed by atoms with Crippen molar-refractivity contribution in [1.29, 1.82) is 0 Å². The molecule has 0 aromatic heterocycles. The molecular formula is C16H21ClN2O3. The molecule has 0 aliphatic heterocycles. The van der Waals surface area contributed by atoms with Gasteiger partial charge in [0.15, 0.2) is 6.61 Å². The van der Waals surface area contributed by atoms with Gasteiger partial charge < -0.3 is 15.8 Å². The minimum atomic E-state index is -0.646. The number of hydrogen-bond acceptors (Lipinski definition) is 4. The van der Waals surface area contributed by atoms with Gasteiger partial charge in [-0.2, -0.15) is 0 Å². The number of benzene rings is 1. The maximum absolute atomic E-state index is 11.9. The number of halogens is 1. The van der Waals surface area contributed by atoms with E-state index in [1.54, 1.807) is 6.07 Å². The van der Waals surface area contributed by atoms with E-state index in [0.717, 1.165) is 31.6 Å². The molecule has 2 rings (SSSR count). The van der Waals surface area contributed by atoms with Gasteiger partial charge in [-0.1, -0.05) is 18.5 Å². The first kappa shape index (κ1) is 16.6. The quantitative estimate of drug-likeness (QED) is 0.659. The summed E-state index contributed by atoms with van der Waals surface area (Å²) in [5.74, 6) is -0.210. The molecule has 0 unspecified atom stereocenters. The van der Waals surface area contributed by atoms with Crippen LogP contribution in [-0.4, -0.2) is 24.5 Å². The first-order valence-corrected chi connectivity index (χ1v) is 7.85. The molecule has 22 heavy (non-hydrogen) atoms. The molecule has 0 atom stereocenters. The zero-order valence-corrected chi connectivity index (χ0v) is 13.4. The maximum Gasteiger partial charge on any atom is 0.340 e. The lowest BCUT2D eigenvalue weighted by Crippen LogP contribution is -2.39. The number of hydrogen-bond donors (Lipinski definition) is 2. The van der Waals surface area contributed by atoms with Gasteiger partial charge in [0.25, 0.3) is 5.91 Å². The molecule has 1 saturated carbocycles. The molecular weight excluding hydrogens is 304 g/mol. The van der Waals surface area contributed by atoms with Crippen LogP contribution in [0.15, 0.2) is 18.2 Å². The second kappa shape index (κ2) is 7.49. The molecule has 5 nitrogen and oxygen atoms in total. The molecule has 0 radical (unpaired) electrons. The number of ether oxygens (including phenoxy) is 1. The van der Waals surface area contributed by atoms with Gasteiger partial charge >= 0.3 is 5.97 Å². The zero-order chi connectivity index (χ0) is 16.1. The monoisotopic (exact) mass is 324 g/mol. The molecule has 0 spiro atoms. The van der Waals surface area contributed by atoms with Gasteiger partial charge in [0.05, 0.1) is 5.56 Å². The largest absolute Gasteiger partial charge is 0.452 e. The van der Waals surface area contributed by atoms with Gasteiger partial charge in [-0.25, -0.2) is 4.79 Å². The van der Waals surface area contributed by atoms with Gasteiger partial charge in [-0.15, -0.1) is 0 Å². The fourth-order valence-electron chi connectivity index (χ4n) is 2.59. The number of carbonyl (C=O) groups is 2. The minimum Gasteiger partial charge on any atom is -0.452 e. The van der Waals surface area contributed by atoms with Crippen molar-refractivity contribution in [3.05, 3.63) is 28.8 Å². The predicted molar refractivity (Wildman–Crippen MR) is 85.7 cm³/mol. The minimum absolute atomic E-state index is 0.173. The smallest absolute Gasteiger partial charge is 0.340 e. The summed E-state index contributed by atoms with van der Waals surface area (Å²) < 4.78 is 5.00. The SMILES string of the molecule is CC1CCC(NC(=O)COC(=O)c2cc(Cl)ccc2N)CC1. The summed E-state index contributed by atoms with van der Waals surface area (Å²) in [6, 6.07) is 4.73. The molecule has 0 saturated heterocycles. The first-order chi connectivity index (χ1) is 10.5. The number of nitrogen functional groups attached to an aromatic ring is 1. The van der Waals surface area contributed by atoms with E-state index >= 15 is 0 Å². The van der Waals surface area contributed by atoms with Crippen molar-refractivity contribution in [3.8, 4) is 0 Å². The molecule has 1 aromatic carbocycles. The van der Waals surface area contributed by atoms with Gasteiger partial charge in [0.1, 0.15) is 0 Å². The second-order valence-corrected chi connectivity index (χ2v) is 6.27. The number of amides is 1. The summed E-state index contributed by atoms with van der Waals surface area (Å²) in [7, 11) is 0. The highest BCUT2D eigenvalue weighted by molar-refractivity contribution is 6.31. The predicted octanol–water partition coefficient (Wildman–Crippen LogP) is 2.77. The Morgan fingerprint density at radius 3 is 2.68 bits per heavy atom. The van der Waals surface area contributed by atoms with Crippen LogP contribution in [0.25, 0.3) is 0 Å². The third-order valence-electron chi connectivity index (χ3n) is 3.95. The molecule has 1 amide bonds. The lowest BCUT2D eigenvalue weighted by molar-refractivity contribution is -0.125. The summed E-state index contributed by atoms with van der Waals surface area (Å²) in [4.78, 5) is 23.8. The number of nitrogens with two attached hydrogens (primary N) is 1. The Morgan fingerprint density at radius 2 is 2.00 bits per heavy atom. The number of esters is 1. The third kappa shape index (κ3) is 4.63. The van der Waals surface area contributed by atoms with Gasteiger partial charge in [-0.05, 0) is 49.8 Å². The number of anilines is 1. The summed E-state index contributed by atoms with van der Waals surface area (Å²) in [5, 5.41) is 3.29. The molecule has 0 heterocycles. The van der Waals surface area contributed by atoms with E-state index in [0.29, 0.717) is 5.02 Å². The average molecular weight is 325 g/mol. The van der Waals surface area contributed by atoms with E-state index < -0.39 is 5.97 Å². The Morgan fingerprint density at radius 1 is 1.32 bits per heavy atom. The number of rotatable bonds is 4. The fourth-order valence-corrected chi connectivity index (χ4v) is 2.76. The van der Waals surface area contributed by atoms with Crippen LogP contribution in [0.2, 0.25) is 5.02 Å². The Bertz CT molecular complexity index is 554. The third-order valence-corrected chi connectivity index (χ3v) is 4.19. The van der Waals surface area contributed by atoms with Crippen LogP contribution in [0.3, 0.4) is 0 Å². The fraction of sp³-hybridized carbons (Fsp3) is 0.500. The number of nitrogens with one attached hydrogen (secondary N) is 1. The highest BCUT2D eigenvalue weighted by atomic mass is 35.5. The van der Waals surface area contributed by atoms with Crippen molar-refractivity contribution in [2.24, 2.45) is 5.92 Å². The van der Waals surface area contributed by atoms with Crippen molar-refractivity contribution < 1.29 is 14.3 Å². The van der Waals surface area contributed by atoms with Crippen LogP contribution in [0.4, 0.5) is 5.69 Å². The van der Waals surface area contributed by atoms with Crippen molar-refractivity contribution in [2.75, 3.05) is 12.3 Å². The van der Waals surface area contributed by atoms with Gasteiger partial charge in [0.2, 0.25) is 0 Å². The summed E-state index contributed by atoms with van der Waals surface area (Å²) in [5.41, 5.74) is 6.15. The van der Waals surface area contributed by atoms with Crippen LogP contribution in [-0.2, 0) is 9.53 Å². The zero-order valence-electron chi connectivity index (χ0n) is 12.6.